The van der Waals surface area contributed by atoms with E-state index >= 15 is 0 Å². The van der Waals surface area contributed by atoms with Crippen molar-refractivity contribution in [2.45, 2.75) is 83.0 Å². The fraction of sp³-hybridized carbons (Fsp3) is 0.513. The van der Waals surface area contributed by atoms with Crippen molar-refractivity contribution < 1.29 is 32.3 Å². The van der Waals surface area contributed by atoms with Gasteiger partial charge in [0.2, 0.25) is 21.8 Å². The van der Waals surface area contributed by atoms with E-state index in [9.17, 15) is 22.8 Å². The van der Waals surface area contributed by atoms with Crippen molar-refractivity contribution in [1.29, 1.82) is 0 Å². The van der Waals surface area contributed by atoms with Crippen molar-refractivity contribution >= 4 is 38.5 Å². The fourth-order valence-electron chi connectivity index (χ4n) is 7.94. The number of ketones is 1. The number of methoxy groups -OCH3 is 1. The highest BCUT2D eigenvalue weighted by atomic mass is 32.2. The van der Waals surface area contributed by atoms with Gasteiger partial charge in [0.05, 0.1) is 40.6 Å². The molecule has 11 nitrogen and oxygen atoms in total. The molecule has 0 bridgehead atoms. The van der Waals surface area contributed by atoms with E-state index in [1.165, 1.54) is 0 Å². The Labute approximate surface area is 299 Å². The van der Waals surface area contributed by atoms with Crippen molar-refractivity contribution in [2.75, 3.05) is 20.7 Å². The summed E-state index contributed by atoms with van der Waals surface area (Å²) >= 11 is 0. The van der Waals surface area contributed by atoms with Gasteiger partial charge in [0.25, 0.3) is 0 Å². The second kappa shape index (κ2) is 13.7. The number of amides is 2. The summed E-state index contributed by atoms with van der Waals surface area (Å²) < 4.78 is 40.3. The molecule has 3 aliphatic carbocycles. The van der Waals surface area contributed by atoms with Gasteiger partial charge in [0, 0.05) is 48.6 Å². The predicted molar refractivity (Wildman–Crippen MR) is 193 cm³/mol. The fourth-order valence-corrected chi connectivity index (χ4v) is 9.33. The zero-order chi connectivity index (χ0) is 36.1. The lowest BCUT2D eigenvalue weighted by Crippen LogP contribution is -2.42. The predicted octanol–water partition coefficient (Wildman–Crippen LogP) is 5.47. The summed E-state index contributed by atoms with van der Waals surface area (Å²) in [5.41, 5.74) is 2.57. The third-order valence-electron chi connectivity index (χ3n) is 11.2. The summed E-state index contributed by atoms with van der Waals surface area (Å²) in [5.74, 6) is -1.22. The van der Waals surface area contributed by atoms with Crippen LogP contribution < -0.4 is 14.2 Å². The number of sulfonamides is 1. The summed E-state index contributed by atoms with van der Waals surface area (Å²) in [5, 5.41) is 0.222. The number of allylic oxidation sites excluding steroid dienone is 2. The first-order chi connectivity index (χ1) is 24.4. The second-order valence-corrected chi connectivity index (χ2v) is 16.8. The molecule has 1 N–H and O–H groups in total. The monoisotopic (exact) mass is 714 g/mol. The zero-order valence-electron chi connectivity index (χ0n) is 29.7. The van der Waals surface area contributed by atoms with Crippen molar-refractivity contribution in [3.8, 4) is 22.9 Å². The first-order valence-electron chi connectivity index (χ1n) is 18.0. The average Bonchev–Trinajstić information content (AvgIpc) is 4.03. The van der Waals surface area contributed by atoms with Gasteiger partial charge in [-0.2, -0.15) is 0 Å². The number of rotatable bonds is 7. The Kier molecular flexibility index (Phi) is 9.41. The minimum atomic E-state index is -3.79. The van der Waals surface area contributed by atoms with E-state index in [4.69, 9.17) is 19.4 Å². The van der Waals surface area contributed by atoms with Gasteiger partial charge in [-0.3, -0.25) is 24.1 Å². The van der Waals surface area contributed by atoms with Crippen LogP contribution in [-0.4, -0.2) is 72.9 Å². The number of aryl methyl sites for hydroxylation is 2. The number of carbonyl (C=O) groups is 3. The van der Waals surface area contributed by atoms with Crippen LogP contribution in [-0.2, 0) is 24.4 Å². The molecule has 3 fully saturated rings. The third-order valence-corrected chi connectivity index (χ3v) is 13.0. The first-order valence-corrected chi connectivity index (χ1v) is 19.5. The van der Waals surface area contributed by atoms with Crippen molar-refractivity contribution in [1.82, 2.24) is 19.6 Å². The maximum absolute atomic E-state index is 14.4. The molecule has 2 aromatic heterocycles. The molecule has 1 aliphatic heterocycles. The number of hydrogen-bond acceptors (Lipinski definition) is 9. The van der Waals surface area contributed by atoms with Crippen LogP contribution >= 0.6 is 0 Å². The van der Waals surface area contributed by atoms with Crippen molar-refractivity contribution in [3.05, 3.63) is 59.8 Å². The molecule has 2 amide bonds. The van der Waals surface area contributed by atoms with E-state index in [0.29, 0.717) is 67.1 Å². The van der Waals surface area contributed by atoms with Gasteiger partial charge in [-0.25, -0.2) is 13.4 Å². The van der Waals surface area contributed by atoms with E-state index in [1.54, 1.807) is 19.1 Å². The molecule has 0 spiro atoms. The van der Waals surface area contributed by atoms with Gasteiger partial charge in [0.1, 0.15) is 23.4 Å². The molecule has 3 heterocycles. The van der Waals surface area contributed by atoms with Gasteiger partial charge in [-0.05, 0) is 95.4 Å². The lowest BCUT2D eigenvalue weighted by molar-refractivity contribution is -0.140. The van der Waals surface area contributed by atoms with Crippen LogP contribution in [0.25, 0.3) is 22.3 Å². The molecule has 1 aromatic carbocycles. The minimum Gasteiger partial charge on any atom is -0.496 e. The molecule has 0 unspecified atom stereocenters. The SMILES string of the molecule is COc1ccc2c(O[C@@H]3C[C@H]4C(=O)C[C@]5(C(=O)NS(=O)(=O)C6CC6)C[C@H]5/C=C\CCCCN(C)C(=O)[C@@H]4C3)cc(-c3cccc(C)n3)nc2c1C. The summed E-state index contributed by atoms with van der Waals surface area (Å²) in [4.78, 5) is 53.4. The van der Waals surface area contributed by atoms with Gasteiger partial charge >= 0.3 is 0 Å². The molecular weight excluding hydrogens is 669 g/mol. The van der Waals surface area contributed by atoms with E-state index in [2.05, 4.69) is 4.72 Å². The highest BCUT2D eigenvalue weighted by Crippen LogP contribution is 2.58. The summed E-state index contributed by atoms with van der Waals surface area (Å²) in [6, 6.07) is 11.4. The second-order valence-electron chi connectivity index (χ2n) is 14.9. The number of benzene rings is 1. The molecule has 3 aromatic rings. The number of pyridine rings is 2. The Morgan fingerprint density at radius 2 is 1.78 bits per heavy atom. The number of ether oxygens (including phenoxy) is 2. The molecule has 0 radical (unpaired) electrons. The number of hydrogen-bond donors (Lipinski definition) is 1. The smallest absolute Gasteiger partial charge is 0.240 e. The Morgan fingerprint density at radius 1 is 1.00 bits per heavy atom. The molecule has 4 aliphatic rings. The normalized spacial score (nSPS) is 27.6. The van der Waals surface area contributed by atoms with Crippen LogP contribution in [0.4, 0.5) is 0 Å². The Morgan fingerprint density at radius 3 is 2.53 bits per heavy atom. The third kappa shape index (κ3) is 6.99. The molecule has 5 atom stereocenters. The van der Waals surface area contributed by atoms with Crippen LogP contribution in [0.5, 0.6) is 11.5 Å². The molecule has 270 valence electrons. The van der Waals surface area contributed by atoms with Gasteiger partial charge < -0.3 is 14.4 Å². The number of Topliss-reactive ketones (excluding diaryl/α,β-unsaturated/α-hetero) is 1. The van der Waals surface area contributed by atoms with Gasteiger partial charge in [-0.15, -0.1) is 0 Å². The molecule has 0 saturated heterocycles. The maximum Gasteiger partial charge on any atom is 0.240 e. The van der Waals surface area contributed by atoms with Crippen LogP contribution in [0.1, 0.15) is 69.0 Å². The topological polar surface area (TPSA) is 145 Å². The molecule has 7 rings (SSSR count). The van der Waals surface area contributed by atoms with Gasteiger partial charge in [-0.1, -0.05) is 18.2 Å². The number of nitrogens with zero attached hydrogens (tertiary/aromatic N) is 3. The summed E-state index contributed by atoms with van der Waals surface area (Å²) in [7, 11) is -0.391. The molecule has 3 saturated carbocycles. The lowest BCUT2D eigenvalue weighted by Gasteiger charge is -2.26. The van der Waals surface area contributed by atoms with Gasteiger partial charge in [0.15, 0.2) is 0 Å². The minimum absolute atomic E-state index is 0.112. The number of aromatic nitrogens is 2. The van der Waals surface area contributed by atoms with Crippen molar-refractivity contribution in [2.24, 2.45) is 23.2 Å². The summed E-state index contributed by atoms with van der Waals surface area (Å²) in [6.45, 7) is 4.44. The van der Waals surface area contributed by atoms with E-state index in [1.807, 2.05) is 62.4 Å². The quantitative estimate of drug-likeness (QED) is 0.315. The molecule has 51 heavy (non-hydrogen) atoms. The Balaban J connectivity index is 1.21. The maximum atomic E-state index is 14.4. The molecular formula is C39H46N4O7S. The Bertz CT molecular complexity index is 2030. The number of fused-ring (bicyclic) bond motifs is 3. The number of nitrogens with one attached hydrogen (secondary N) is 1. The van der Waals surface area contributed by atoms with Crippen LogP contribution in [0.15, 0.2) is 48.6 Å². The van der Waals surface area contributed by atoms with E-state index < -0.39 is 44.5 Å². The van der Waals surface area contributed by atoms with Crippen LogP contribution in [0, 0.1) is 37.0 Å². The highest BCUT2D eigenvalue weighted by molar-refractivity contribution is 7.90. The van der Waals surface area contributed by atoms with E-state index in [-0.39, 0.29) is 24.0 Å². The lowest BCUT2D eigenvalue weighted by atomic mass is 9.84. The molecule has 12 heteroatoms. The zero-order valence-corrected chi connectivity index (χ0v) is 30.5. The summed E-state index contributed by atoms with van der Waals surface area (Å²) in [6.07, 6.45) is 7.91. The largest absolute Gasteiger partial charge is 0.496 e. The van der Waals surface area contributed by atoms with E-state index in [0.717, 1.165) is 35.9 Å². The van der Waals surface area contributed by atoms with Crippen LogP contribution in [0.3, 0.4) is 0 Å². The standard InChI is InChI=1S/C39H46N4O7S/c1-23-10-9-12-31(40-23)32-20-35(28-15-16-34(49-4)24(2)36(28)41-32)50-26-18-29-30(19-26)37(45)43(3)17-8-6-5-7-11-25-21-39(25,22-33(29)44)38(46)42-51(47,48)27-13-14-27/h7,9-12,15-16,20,25-27,29-30H,5-6,8,13-14,17-19,21-22H2,1-4H3,(H,42,46)/b11-7-/t25-,26-,29-,30-,39-/m1/s1. The average molecular weight is 715 g/mol. The van der Waals surface area contributed by atoms with Crippen LogP contribution in [0.2, 0.25) is 0 Å². The first kappa shape index (κ1) is 35.1. The number of carbonyl (C=O) groups excluding carboxylic acids is 3. The Hall–Kier alpha value is -4.32. The highest BCUT2D eigenvalue weighted by Gasteiger charge is 2.61. The van der Waals surface area contributed by atoms with Crippen molar-refractivity contribution in [3.63, 3.8) is 0 Å².